The number of hydrogen-bond acceptors (Lipinski definition) is 3. The van der Waals surface area contributed by atoms with E-state index in [1.807, 2.05) is 20.8 Å². The van der Waals surface area contributed by atoms with E-state index in [4.69, 9.17) is 9.47 Å². The van der Waals surface area contributed by atoms with Crippen LogP contribution in [0.3, 0.4) is 0 Å². The van der Waals surface area contributed by atoms with Gasteiger partial charge in [0.15, 0.2) is 0 Å². The van der Waals surface area contributed by atoms with Crippen molar-refractivity contribution in [3.8, 4) is 0 Å². The second-order valence-corrected chi connectivity index (χ2v) is 4.58. The van der Waals surface area contributed by atoms with Gasteiger partial charge < -0.3 is 14.8 Å². The molecule has 1 heterocycles. The maximum atomic E-state index is 11.5. The lowest BCUT2D eigenvalue weighted by Gasteiger charge is -2.23. The zero-order valence-electron chi connectivity index (χ0n) is 9.84. The lowest BCUT2D eigenvalue weighted by Crippen LogP contribution is -2.46. The lowest BCUT2D eigenvalue weighted by atomic mass is 10.0. The van der Waals surface area contributed by atoms with Crippen LogP contribution in [0, 0.1) is 0 Å². The van der Waals surface area contributed by atoms with E-state index in [9.17, 15) is 4.79 Å². The highest BCUT2D eigenvalue weighted by Gasteiger charge is 2.30. The van der Waals surface area contributed by atoms with E-state index in [0.29, 0.717) is 19.6 Å². The Hall–Kier alpha value is -0.610. The van der Waals surface area contributed by atoms with Crippen LogP contribution in [0.2, 0.25) is 0 Å². The molecule has 0 bridgehead atoms. The first-order chi connectivity index (χ1) is 7.02. The van der Waals surface area contributed by atoms with Crippen molar-refractivity contribution >= 4 is 5.91 Å². The molecule has 4 nitrogen and oxygen atoms in total. The third-order valence-corrected chi connectivity index (χ3v) is 2.44. The van der Waals surface area contributed by atoms with Crippen molar-refractivity contribution in [3.63, 3.8) is 0 Å². The first-order valence-electron chi connectivity index (χ1n) is 5.52. The van der Waals surface area contributed by atoms with E-state index >= 15 is 0 Å². The molecule has 0 aliphatic carbocycles. The Morgan fingerprint density at radius 1 is 1.60 bits per heavy atom. The molecule has 0 unspecified atom stereocenters. The Kier molecular flexibility index (Phi) is 4.54. The SMILES string of the molecule is CC(C)OCCC(=O)N[C@]1(C)CCOC1. The fraction of sp³-hybridized carbons (Fsp3) is 0.909. The zero-order valence-corrected chi connectivity index (χ0v) is 9.84. The van der Waals surface area contributed by atoms with Crippen LogP contribution in [-0.4, -0.2) is 37.4 Å². The number of nitrogens with one attached hydrogen (secondary N) is 1. The summed E-state index contributed by atoms with van der Waals surface area (Å²) in [7, 11) is 0. The van der Waals surface area contributed by atoms with Crippen molar-refractivity contribution in [1.29, 1.82) is 0 Å². The van der Waals surface area contributed by atoms with Crippen LogP contribution in [0.1, 0.15) is 33.6 Å². The molecule has 1 fully saturated rings. The normalized spacial score (nSPS) is 25.9. The number of amides is 1. The predicted octanol–water partition coefficient (Wildman–Crippen LogP) is 1.10. The molecular weight excluding hydrogens is 194 g/mol. The molecule has 88 valence electrons. The molecule has 1 atom stereocenters. The van der Waals surface area contributed by atoms with Crippen molar-refractivity contribution in [2.75, 3.05) is 19.8 Å². The minimum Gasteiger partial charge on any atom is -0.379 e. The molecule has 0 aromatic rings. The maximum Gasteiger partial charge on any atom is 0.222 e. The highest BCUT2D eigenvalue weighted by atomic mass is 16.5. The molecule has 0 saturated carbocycles. The quantitative estimate of drug-likeness (QED) is 0.747. The summed E-state index contributed by atoms with van der Waals surface area (Å²) in [4.78, 5) is 11.5. The van der Waals surface area contributed by atoms with Gasteiger partial charge in [-0.1, -0.05) is 0 Å². The number of rotatable bonds is 5. The van der Waals surface area contributed by atoms with Crippen molar-refractivity contribution in [2.45, 2.75) is 45.3 Å². The van der Waals surface area contributed by atoms with Gasteiger partial charge in [0.1, 0.15) is 0 Å². The fourth-order valence-corrected chi connectivity index (χ4v) is 1.55. The average Bonchev–Trinajstić information content (AvgIpc) is 2.50. The first-order valence-corrected chi connectivity index (χ1v) is 5.52. The minimum atomic E-state index is -0.172. The van der Waals surface area contributed by atoms with Crippen LogP contribution >= 0.6 is 0 Å². The molecule has 0 aromatic heterocycles. The molecule has 15 heavy (non-hydrogen) atoms. The number of carbonyl (C=O) groups is 1. The molecule has 0 aromatic carbocycles. The summed E-state index contributed by atoms with van der Waals surface area (Å²) in [5.74, 6) is 0.0450. The van der Waals surface area contributed by atoms with Gasteiger partial charge in [0.25, 0.3) is 0 Å². The second kappa shape index (κ2) is 5.47. The van der Waals surface area contributed by atoms with Crippen LogP contribution in [0.15, 0.2) is 0 Å². The monoisotopic (exact) mass is 215 g/mol. The predicted molar refractivity (Wildman–Crippen MR) is 57.7 cm³/mol. The molecule has 0 radical (unpaired) electrons. The number of hydrogen-bond donors (Lipinski definition) is 1. The van der Waals surface area contributed by atoms with Crippen LogP contribution in [0.5, 0.6) is 0 Å². The molecule has 1 aliphatic rings. The summed E-state index contributed by atoms with van der Waals surface area (Å²) < 4.78 is 10.6. The van der Waals surface area contributed by atoms with Crippen molar-refractivity contribution in [1.82, 2.24) is 5.32 Å². The molecule has 0 spiro atoms. The molecule has 1 aliphatic heterocycles. The van der Waals surface area contributed by atoms with Gasteiger partial charge in [0.2, 0.25) is 5.91 Å². The standard InChI is InChI=1S/C11H21NO3/c1-9(2)15-6-4-10(13)12-11(3)5-7-14-8-11/h9H,4-8H2,1-3H3,(H,12,13)/t11-/m1/s1. The van der Waals surface area contributed by atoms with Gasteiger partial charge in [-0.05, 0) is 27.2 Å². The Bertz CT molecular complexity index is 210. The van der Waals surface area contributed by atoms with Gasteiger partial charge in [-0.3, -0.25) is 4.79 Å². The van der Waals surface area contributed by atoms with E-state index in [1.54, 1.807) is 0 Å². The highest BCUT2D eigenvalue weighted by molar-refractivity contribution is 5.76. The highest BCUT2D eigenvalue weighted by Crippen LogP contribution is 2.17. The van der Waals surface area contributed by atoms with Gasteiger partial charge in [0.05, 0.1) is 24.9 Å². The van der Waals surface area contributed by atoms with Crippen molar-refractivity contribution < 1.29 is 14.3 Å². The Morgan fingerprint density at radius 3 is 2.87 bits per heavy atom. The molecule has 1 rings (SSSR count). The number of carbonyl (C=O) groups excluding carboxylic acids is 1. The first kappa shape index (κ1) is 12.5. The third-order valence-electron chi connectivity index (χ3n) is 2.44. The van der Waals surface area contributed by atoms with Gasteiger partial charge in [0, 0.05) is 13.0 Å². The van der Waals surface area contributed by atoms with Crippen LogP contribution < -0.4 is 5.32 Å². The van der Waals surface area contributed by atoms with E-state index < -0.39 is 0 Å². The third kappa shape index (κ3) is 4.62. The molecule has 1 amide bonds. The average molecular weight is 215 g/mol. The summed E-state index contributed by atoms with van der Waals surface area (Å²) >= 11 is 0. The summed E-state index contributed by atoms with van der Waals surface area (Å²) in [6, 6.07) is 0. The summed E-state index contributed by atoms with van der Waals surface area (Å²) in [6.45, 7) is 7.78. The molecular formula is C11H21NO3. The summed E-state index contributed by atoms with van der Waals surface area (Å²) in [5, 5.41) is 2.99. The van der Waals surface area contributed by atoms with Crippen molar-refractivity contribution in [2.24, 2.45) is 0 Å². The molecule has 1 N–H and O–H groups in total. The molecule has 4 heteroatoms. The van der Waals surface area contributed by atoms with Crippen LogP contribution in [0.4, 0.5) is 0 Å². The Morgan fingerprint density at radius 2 is 2.33 bits per heavy atom. The van der Waals surface area contributed by atoms with E-state index in [2.05, 4.69) is 5.32 Å². The van der Waals surface area contributed by atoms with Crippen LogP contribution in [0.25, 0.3) is 0 Å². The van der Waals surface area contributed by atoms with Gasteiger partial charge in [-0.15, -0.1) is 0 Å². The number of ether oxygens (including phenoxy) is 2. The largest absolute Gasteiger partial charge is 0.379 e. The molecule has 1 saturated heterocycles. The minimum absolute atomic E-state index is 0.0450. The van der Waals surface area contributed by atoms with E-state index in [0.717, 1.165) is 13.0 Å². The van der Waals surface area contributed by atoms with Gasteiger partial charge >= 0.3 is 0 Å². The topological polar surface area (TPSA) is 47.6 Å². The summed E-state index contributed by atoms with van der Waals surface area (Å²) in [5.41, 5.74) is -0.172. The fourth-order valence-electron chi connectivity index (χ4n) is 1.55. The van der Waals surface area contributed by atoms with Gasteiger partial charge in [-0.25, -0.2) is 0 Å². The van der Waals surface area contributed by atoms with Gasteiger partial charge in [-0.2, -0.15) is 0 Å². The van der Waals surface area contributed by atoms with E-state index in [-0.39, 0.29) is 17.6 Å². The van der Waals surface area contributed by atoms with E-state index in [1.165, 1.54) is 0 Å². The Labute approximate surface area is 91.3 Å². The lowest BCUT2D eigenvalue weighted by molar-refractivity contribution is -0.124. The summed E-state index contributed by atoms with van der Waals surface area (Å²) in [6.07, 6.45) is 1.50. The maximum absolute atomic E-state index is 11.5. The zero-order chi connectivity index (χ0) is 11.3. The Balaban J connectivity index is 2.18. The second-order valence-electron chi connectivity index (χ2n) is 4.58. The van der Waals surface area contributed by atoms with Crippen LogP contribution in [-0.2, 0) is 14.3 Å². The van der Waals surface area contributed by atoms with Crippen molar-refractivity contribution in [3.05, 3.63) is 0 Å². The smallest absolute Gasteiger partial charge is 0.222 e.